The van der Waals surface area contributed by atoms with E-state index in [1.807, 2.05) is 11.8 Å². The van der Waals surface area contributed by atoms with Crippen LogP contribution in [-0.4, -0.2) is 28.8 Å². The minimum absolute atomic E-state index is 0.174. The van der Waals surface area contributed by atoms with Crippen LogP contribution in [0.3, 0.4) is 0 Å². The van der Waals surface area contributed by atoms with Gasteiger partial charge in [-0.05, 0) is 30.4 Å². The average Bonchev–Trinajstić information content (AvgIpc) is 2.02. The molecule has 70 valence electrons. The summed E-state index contributed by atoms with van der Waals surface area (Å²) >= 11 is 2.00. The Morgan fingerprint density at radius 2 is 2.08 bits per heavy atom. The second-order valence-electron chi connectivity index (χ2n) is 4.25. The minimum Gasteiger partial charge on any atom is -0.394 e. The summed E-state index contributed by atoms with van der Waals surface area (Å²) in [4.78, 5) is 0. The van der Waals surface area contributed by atoms with Crippen molar-refractivity contribution in [3.05, 3.63) is 0 Å². The standard InChI is InChI=1S/C9H17NOS/c10-9(6-11)4-5-12-7-8(9)2-1-3-8/h11H,1-7,10H2. The Labute approximate surface area is 77.9 Å². The van der Waals surface area contributed by atoms with E-state index in [2.05, 4.69) is 0 Å². The van der Waals surface area contributed by atoms with Crippen LogP contribution in [0.1, 0.15) is 25.7 Å². The lowest BCUT2D eigenvalue weighted by atomic mass is 9.57. The highest BCUT2D eigenvalue weighted by molar-refractivity contribution is 7.99. The molecule has 2 rings (SSSR count). The Morgan fingerprint density at radius 3 is 2.50 bits per heavy atom. The molecule has 0 aromatic heterocycles. The molecule has 1 saturated heterocycles. The topological polar surface area (TPSA) is 46.2 Å². The van der Waals surface area contributed by atoms with Crippen molar-refractivity contribution < 1.29 is 5.11 Å². The summed E-state index contributed by atoms with van der Waals surface area (Å²) in [5, 5.41) is 9.32. The molecule has 12 heavy (non-hydrogen) atoms. The van der Waals surface area contributed by atoms with Crippen LogP contribution in [0.15, 0.2) is 0 Å². The second-order valence-corrected chi connectivity index (χ2v) is 5.36. The van der Waals surface area contributed by atoms with Gasteiger partial charge in [-0.25, -0.2) is 0 Å². The molecule has 0 aromatic carbocycles. The molecule has 1 heterocycles. The van der Waals surface area contributed by atoms with E-state index in [1.54, 1.807) is 0 Å². The Morgan fingerprint density at radius 1 is 1.33 bits per heavy atom. The first-order valence-corrected chi connectivity index (χ1v) is 5.85. The zero-order valence-electron chi connectivity index (χ0n) is 7.38. The third-order valence-corrected chi connectivity index (χ3v) is 4.97. The number of thioether (sulfide) groups is 1. The first-order chi connectivity index (χ1) is 5.72. The summed E-state index contributed by atoms with van der Waals surface area (Å²) in [6.45, 7) is 0.174. The van der Waals surface area contributed by atoms with Crippen LogP contribution in [0.5, 0.6) is 0 Å². The van der Waals surface area contributed by atoms with Crippen molar-refractivity contribution in [1.29, 1.82) is 0 Å². The molecule has 2 aliphatic rings. The van der Waals surface area contributed by atoms with E-state index in [4.69, 9.17) is 5.73 Å². The number of aliphatic hydroxyl groups excluding tert-OH is 1. The molecule has 1 saturated carbocycles. The van der Waals surface area contributed by atoms with Crippen molar-refractivity contribution in [2.75, 3.05) is 18.1 Å². The number of aliphatic hydroxyl groups is 1. The van der Waals surface area contributed by atoms with Crippen molar-refractivity contribution in [2.24, 2.45) is 11.1 Å². The van der Waals surface area contributed by atoms with Gasteiger partial charge < -0.3 is 10.8 Å². The van der Waals surface area contributed by atoms with E-state index in [-0.39, 0.29) is 12.1 Å². The summed E-state index contributed by atoms with van der Waals surface area (Å²) < 4.78 is 0. The molecule has 0 amide bonds. The molecule has 1 aliphatic carbocycles. The fourth-order valence-corrected chi connectivity index (χ4v) is 4.04. The van der Waals surface area contributed by atoms with Crippen LogP contribution in [-0.2, 0) is 0 Å². The lowest BCUT2D eigenvalue weighted by Gasteiger charge is -2.56. The summed E-state index contributed by atoms with van der Waals surface area (Å²) in [7, 11) is 0. The van der Waals surface area contributed by atoms with Gasteiger partial charge in [-0.2, -0.15) is 11.8 Å². The third-order valence-electron chi connectivity index (χ3n) is 3.72. The number of hydrogen-bond acceptors (Lipinski definition) is 3. The van der Waals surface area contributed by atoms with Crippen LogP contribution in [0.4, 0.5) is 0 Å². The van der Waals surface area contributed by atoms with Gasteiger partial charge in [0.2, 0.25) is 0 Å². The molecule has 1 atom stereocenters. The van der Waals surface area contributed by atoms with Crippen LogP contribution >= 0.6 is 11.8 Å². The van der Waals surface area contributed by atoms with Crippen molar-refractivity contribution >= 4 is 11.8 Å². The molecule has 0 radical (unpaired) electrons. The molecule has 1 aliphatic heterocycles. The van der Waals surface area contributed by atoms with Gasteiger partial charge in [-0.1, -0.05) is 6.42 Å². The van der Waals surface area contributed by atoms with Crippen LogP contribution in [0, 0.1) is 5.41 Å². The molecular weight excluding hydrogens is 170 g/mol. The maximum atomic E-state index is 9.32. The number of rotatable bonds is 1. The van der Waals surface area contributed by atoms with E-state index < -0.39 is 0 Å². The molecule has 1 unspecified atom stereocenters. The van der Waals surface area contributed by atoms with E-state index in [0.717, 1.165) is 12.2 Å². The lowest BCUT2D eigenvalue weighted by Crippen LogP contribution is -2.64. The minimum atomic E-state index is -0.253. The summed E-state index contributed by atoms with van der Waals surface area (Å²) in [5.74, 6) is 2.29. The zero-order valence-corrected chi connectivity index (χ0v) is 8.20. The van der Waals surface area contributed by atoms with Crippen molar-refractivity contribution in [3.8, 4) is 0 Å². The molecule has 3 heteroatoms. The van der Waals surface area contributed by atoms with Gasteiger partial charge in [-0.3, -0.25) is 0 Å². The maximum absolute atomic E-state index is 9.32. The first kappa shape index (κ1) is 8.85. The fourth-order valence-electron chi connectivity index (χ4n) is 2.42. The van der Waals surface area contributed by atoms with E-state index in [9.17, 15) is 5.11 Å². The molecule has 0 aromatic rings. The van der Waals surface area contributed by atoms with Gasteiger partial charge in [-0.15, -0.1) is 0 Å². The average molecular weight is 187 g/mol. The maximum Gasteiger partial charge on any atom is 0.0617 e. The van der Waals surface area contributed by atoms with Gasteiger partial charge in [0.05, 0.1) is 6.61 Å². The van der Waals surface area contributed by atoms with Crippen molar-refractivity contribution in [1.82, 2.24) is 0 Å². The Balaban J connectivity index is 2.16. The van der Waals surface area contributed by atoms with Gasteiger partial charge in [0.1, 0.15) is 0 Å². The van der Waals surface area contributed by atoms with Gasteiger partial charge in [0.15, 0.2) is 0 Å². The molecular formula is C9H17NOS. The monoisotopic (exact) mass is 187 g/mol. The van der Waals surface area contributed by atoms with Crippen molar-refractivity contribution in [3.63, 3.8) is 0 Å². The largest absolute Gasteiger partial charge is 0.394 e. The van der Waals surface area contributed by atoms with Crippen LogP contribution in [0.2, 0.25) is 0 Å². The number of hydrogen-bond donors (Lipinski definition) is 2. The molecule has 2 fully saturated rings. The van der Waals surface area contributed by atoms with Gasteiger partial charge >= 0.3 is 0 Å². The predicted molar refractivity (Wildman–Crippen MR) is 52.2 cm³/mol. The Kier molecular flexibility index (Phi) is 2.13. The summed E-state index contributed by atoms with van der Waals surface area (Å²) in [6.07, 6.45) is 4.77. The highest BCUT2D eigenvalue weighted by Crippen LogP contribution is 2.54. The number of nitrogens with two attached hydrogens (primary N) is 1. The predicted octanol–water partition coefficient (Wildman–Crippen LogP) is 0.983. The second kappa shape index (κ2) is 2.89. The summed E-state index contributed by atoms with van der Waals surface area (Å²) in [6, 6.07) is 0. The fraction of sp³-hybridized carbons (Fsp3) is 1.00. The summed E-state index contributed by atoms with van der Waals surface area (Å²) in [5.41, 5.74) is 6.28. The van der Waals surface area contributed by atoms with Crippen LogP contribution in [0.25, 0.3) is 0 Å². The quantitative estimate of drug-likeness (QED) is 0.643. The SMILES string of the molecule is NC1(CO)CCSCC12CCC2. The normalized spacial score (nSPS) is 39.5. The van der Waals surface area contributed by atoms with Gasteiger partial charge in [0, 0.05) is 11.3 Å². The Bertz CT molecular complexity index is 170. The van der Waals surface area contributed by atoms with E-state index in [1.165, 1.54) is 25.0 Å². The molecule has 2 nitrogen and oxygen atoms in total. The molecule has 3 N–H and O–H groups in total. The highest BCUT2D eigenvalue weighted by atomic mass is 32.2. The van der Waals surface area contributed by atoms with E-state index >= 15 is 0 Å². The third kappa shape index (κ3) is 1.03. The highest BCUT2D eigenvalue weighted by Gasteiger charge is 2.53. The Hall–Kier alpha value is 0.270. The van der Waals surface area contributed by atoms with E-state index in [0.29, 0.717) is 5.41 Å². The zero-order chi connectivity index (χ0) is 8.66. The smallest absolute Gasteiger partial charge is 0.0617 e. The lowest BCUT2D eigenvalue weighted by molar-refractivity contribution is 0.00255. The first-order valence-electron chi connectivity index (χ1n) is 4.70. The van der Waals surface area contributed by atoms with Gasteiger partial charge in [0.25, 0.3) is 0 Å². The van der Waals surface area contributed by atoms with Crippen molar-refractivity contribution in [2.45, 2.75) is 31.2 Å². The molecule has 1 spiro atoms. The molecule has 0 bridgehead atoms. The van der Waals surface area contributed by atoms with Crippen LogP contribution < -0.4 is 5.73 Å².